The van der Waals surface area contributed by atoms with E-state index in [0.29, 0.717) is 23.7 Å². The van der Waals surface area contributed by atoms with Crippen molar-refractivity contribution in [1.29, 1.82) is 5.26 Å². The zero-order valence-electron chi connectivity index (χ0n) is 21.6. The van der Waals surface area contributed by atoms with Crippen LogP contribution < -0.4 is 4.74 Å². The molecule has 4 rings (SSSR count). The Labute approximate surface area is 222 Å². The SMILES string of the molecule is CC1(C)C(C#CC(=O)OCCOC2CCCCO2)C1C(=O)OC(C#N)c1cccc(Oc2ccccc2)c1. The third kappa shape index (κ3) is 7.13. The van der Waals surface area contributed by atoms with Crippen molar-refractivity contribution in [3.63, 3.8) is 0 Å². The Hall–Kier alpha value is -3.85. The molecule has 2 aromatic carbocycles. The fraction of sp³-hybridized carbons (Fsp3) is 0.433. The molecule has 0 N–H and O–H groups in total. The summed E-state index contributed by atoms with van der Waals surface area (Å²) in [4.78, 5) is 25.0. The van der Waals surface area contributed by atoms with Gasteiger partial charge in [0, 0.05) is 24.0 Å². The van der Waals surface area contributed by atoms with E-state index >= 15 is 0 Å². The van der Waals surface area contributed by atoms with Gasteiger partial charge in [0.2, 0.25) is 6.10 Å². The molecule has 0 bridgehead atoms. The van der Waals surface area contributed by atoms with Gasteiger partial charge in [-0.3, -0.25) is 4.79 Å². The number of rotatable bonds is 9. The van der Waals surface area contributed by atoms with E-state index in [1.807, 2.05) is 50.2 Å². The molecule has 0 amide bonds. The first kappa shape index (κ1) is 27.2. The second-order valence-corrected chi connectivity index (χ2v) is 9.78. The zero-order valence-corrected chi connectivity index (χ0v) is 21.6. The van der Waals surface area contributed by atoms with Gasteiger partial charge < -0.3 is 23.7 Å². The van der Waals surface area contributed by atoms with Crippen molar-refractivity contribution in [1.82, 2.24) is 0 Å². The van der Waals surface area contributed by atoms with Gasteiger partial charge in [-0.05, 0) is 48.9 Å². The molecule has 8 heteroatoms. The van der Waals surface area contributed by atoms with Crippen LogP contribution in [0.5, 0.6) is 11.5 Å². The van der Waals surface area contributed by atoms with Crippen LogP contribution in [0, 0.1) is 40.4 Å². The minimum atomic E-state index is -1.11. The average molecular weight is 518 g/mol. The smallest absolute Gasteiger partial charge is 0.384 e. The normalized spacial score (nSPS) is 22.1. The van der Waals surface area contributed by atoms with Crippen LogP contribution in [0.1, 0.15) is 44.8 Å². The van der Waals surface area contributed by atoms with Gasteiger partial charge in [0.25, 0.3) is 0 Å². The summed E-state index contributed by atoms with van der Waals surface area (Å²) in [6.07, 6.45) is 1.57. The van der Waals surface area contributed by atoms with Gasteiger partial charge in [-0.15, -0.1) is 0 Å². The van der Waals surface area contributed by atoms with Crippen molar-refractivity contribution in [3.05, 3.63) is 60.2 Å². The number of hydrogen-bond acceptors (Lipinski definition) is 8. The number of ether oxygens (including phenoxy) is 5. The third-order valence-corrected chi connectivity index (χ3v) is 6.66. The maximum Gasteiger partial charge on any atom is 0.384 e. The zero-order chi connectivity index (χ0) is 27.0. The molecule has 0 aromatic heterocycles. The predicted molar refractivity (Wildman–Crippen MR) is 136 cm³/mol. The maximum absolute atomic E-state index is 12.9. The first-order valence-electron chi connectivity index (χ1n) is 12.7. The number of para-hydroxylation sites is 1. The van der Waals surface area contributed by atoms with Crippen LogP contribution in [0.15, 0.2) is 54.6 Å². The molecule has 1 aliphatic heterocycles. The number of nitrogens with zero attached hydrogens (tertiary/aromatic N) is 1. The molecular weight excluding hydrogens is 486 g/mol. The summed E-state index contributed by atoms with van der Waals surface area (Å²) in [7, 11) is 0. The summed E-state index contributed by atoms with van der Waals surface area (Å²) < 4.78 is 27.5. The van der Waals surface area contributed by atoms with Crippen LogP contribution in [0.4, 0.5) is 0 Å². The minimum absolute atomic E-state index is 0.0732. The molecule has 2 aliphatic rings. The summed E-state index contributed by atoms with van der Waals surface area (Å²) >= 11 is 0. The lowest BCUT2D eigenvalue weighted by molar-refractivity contribution is -0.172. The Morgan fingerprint density at radius 3 is 2.61 bits per heavy atom. The van der Waals surface area contributed by atoms with Crippen LogP contribution in [0.3, 0.4) is 0 Å². The van der Waals surface area contributed by atoms with Crippen molar-refractivity contribution < 1.29 is 33.3 Å². The number of nitriles is 1. The first-order chi connectivity index (χ1) is 18.4. The van der Waals surface area contributed by atoms with Crippen molar-refractivity contribution >= 4 is 11.9 Å². The second kappa shape index (κ2) is 12.6. The van der Waals surface area contributed by atoms with E-state index in [1.54, 1.807) is 24.3 Å². The molecule has 1 saturated heterocycles. The van der Waals surface area contributed by atoms with Crippen LogP contribution in [0.2, 0.25) is 0 Å². The van der Waals surface area contributed by atoms with E-state index in [-0.39, 0.29) is 25.4 Å². The van der Waals surface area contributed by atoms with Crippen molar-refractivity contribution in [2.24, 2.45) is 17.3 Å². The molecule has 0 spiro atoms. The van der Waals surface area contributed by atoms with E-state index in [2.05, 4.69) is 11.8 Å². The highest BCUT2D eigenvalue weighted by Crippen LogP contribution is 2.58. The fourth-order valence-electron chi connectivity index (χ4n) is 4.40. The van der Waals surface area contributed by atoms with Crippen molar-refractivity contribution in [3.8, 4) is 29.4 Å². The molecule has 4 atom stereocenters. The molecule has 38 heavy (non-hydrogen) atoms. The van der Waals surface area contributed by atoms with Gasteiger partial charge in [-0.25, -0.2) is 4.79 Å². The highest BCUT2D eigenvalue weighted by atomic mass is 16.7. The molecule has 198 valence electrons. The minimum Gasteiger partial charge on any atom is -0.457 e. The molecule has 1 saturated carbocycles. The summed E-state index contributed by atoms with van der Waals surface area (Å²) in [5, 5.41) is 9.69. The molecule has 8 nitrogen and oxygen atoms in total. The number of carbonyl (C=O) groups excluding carboxylic acids is 2. The summed E-state index contributed by atoms with van der Waals surface area (Å²) in [5.41, 5.74) is 0.00385. The summed E-state index contributed by atoms with van der Waals surface area (Å²) in [6, 6.07) is 18.2. The maximum atomic E-state index is 12.9. The predicted octanol–water partition coefficient (Wildman–Crippen LogP) is 4.95. The molecule has 4 unspecified atom stereocenters. The molecule has 2 aromatic rings. The quantitative estimate of drug-likeness (QED) is 0.199. The number of benzene rings is 2. The number of carbonyl (C=O) groups is 2. The van der Waals surface area contributed by atoms with Crippen molar-refractivity contribution in [2.45, 2.75) is 45.5 Å². The lowest BCUT2D eigenvalue weighted by Crippen LogP contribution is -2.24. The number of hydrogen-bond donors (Lipinski definition) is 0. The second-order valence-electron chi connectivity index (χ2n) is 9.78. The fourth-order valence-corrected chi connectivity index (χ4v) is 4.40. The van der Waals surface area contributed by atoms with Gasteiger partial charge in [-0.2, -0.15) is 5.26 Å². The molecular formula is C30H31NO7. The lowest BCUT2D eigenvalue weighted by atomic mass is 10.1. The standard InChI is InChI=1S/C30H31NO7/c1-30(2)24(14-15-26(32)34-17-18-36-27-13-6-7-16-35-27)28(30)29(33)38-25(20-31)21-9-8-12-23(19-21)37-22-10-4-3-5-11-22/h3-5,8-12,19,24-25,27-28H,6-7,13,16-18H2,1-2H3. The van der Waals surface area contributed by atoms with Crippen LogP contribution in [0.25, 0.3) is 0 Å². The van der Waals surface area contributed by atoms with Gasteiger partial charge in [0.05, 0.1) is 12.5 Å². The Morgan fingerprint density at radius 2 is 1.87 bits per heavy atom. The summed E-state index contributed by atoms with van der Waals surface area (Å²) in [5.74, 6) is 4.32. The van der Waals surface area contributed by atoms with Gasteiger partial charge in [0.1, 0.15) is 24.2 Å². The van der Waals surface area contributed by atoms with E-state index in [4.69, 9.17) is 23.7 Å². The van der Waals surface area contributed by atoms with E-state index in [0.717, 1.165) is 19.3 Å². The highest BCUT2D eigenvalue weighted by molar-refractivity contribution is 5.89. The van der Waals surface area contributed by atoms with Crippen LogP contribution >= 0.6 is 0 Å². The average Bonchev–Trinajstić information content (AvgIpc) is 3.49. The van der Waals surface area contributed by atoms with Gasteiger partial charge >= 0.3 is 11.9 Å². The number of esters is 2. The first-order valence-corrected chi connectivity index (χ1v) is 12.7. The van der Waals surface area contributed by atoms with Gasteiger partial charge in [-0.1, -0.05) is 50.1 Å². The largest absolute Gasteiger partial charge is 0.457 e. The van der Waals surface area contributed by atoms with Gasteiger partial charge in [0.15, 0.2) is 6.29 Å². The van der Waals surface area contributed by atoms with Crippen LogP contribution in [-0.4, -0.2) is 38.0 Å². The molecule has 0 radical (unpaired) electrons. The molecule has 1 heterocycles. The Balaban J connectivity index is 1.28. The Bertz CT molecular complexity index is 1220. The monoisotopic (exact) mass is 517 g/mol. The van der Waals surface area contributed by atoms with E-state index in [1.165, 1.54) is 0 Å². The van der Waals surface area contributed by atoms with E-state index in [9.17, 15) is 14.9 Å². The molecule has 2 fully saturated rings. The summed E-state index contributed by atoms with van der Waals surface area (Å²) in [6.45, 7) is 4.73. The van der Waals surface area contributed by atoms with Crippen LogP contribution in [-0.2, 0) is 28.5 Å². The Kier molecular flexibility index (Phi) is 9.02. The topological polar surface area (TPSA) is 104 Å². The van der Waals surface area contributed by atoms with Crippen molar-refractivity contribution in [2.75, 3.05) is 19.8 Å². The lowest BCUT2D eigenvalue weighted by Gasteiger charge is -2.22. The molecule has 1 aliphatic carbocycles. The Morgan fingerprint density at radius 1 is 1.08 bits per heavy atom. The highest BCUT2D eigenvalue weighted by Gasteiger charge is 2.62. The third-order valence-electron chi connectivity index (χ3n) is 6.66. The van der Waals surface area contributed by atoms with E-state index < -0.39 is 29.4 Å².